The molecule has 1 N–H and O–H groups in total. The molecule has 0 saturated heterocycles. The van der Waals surface area contributed by atoms with E-state index in [0.29, 0.717) is 16.5 Å². The second-order valence-electron chi connectivity index (χ2n) is 7.63. The molecule has 0 saturated carbocycles. The summed E-state index contributed by atoms with van der Waals surface area (Å²) in [6.07, 6.45) is 0. The first kappa shape index (κ1) is 25.4. The zero-order valence-corrected chi connectivity index (χ0v) is 20.8. The molecule has 0 aliphatic carbocycles. The average molecular weight is 503 g/mol. The highest BCUT2D eigenvalue weighted by Crippen LogP contribution is 2.33. The monoisotopic (exact) mass is 502 g/mol. The molecule has 0 fully saturated rings. The maximum atomic E-state index is 13.6. The zero-order chi connectivity index (χ0) is 24.7. The smallest absolute Gasteiger partial charge is 0.264 e. The molecule has 180 valence electrons. The summed E-state index contributed by atoms with van der Waals surface area (Å²) in [5.74, 6) is 0.365. The van der Waals surface area contributed by atoms with Crippen molar-refractivity contribution in [2.24, 2.45) is 0 Å². The summed E-state index contributed by atoms with van der Waals surface area (Å²) in [7, 11) is -2.60. The molecule has 9 heteroatoms. The van der Waals surface area contributed by atoms with Crippen LogP contribution in [0.4, 0.5) is 5.69 Å². The van der Waals surface area contributed by atoms with Gasteiger partial charge in [0.25, 0.3) is 10.0 Å². The second kappa shape index (κ2) is 11.3. The highest BCUT2D eigenvalue weighted by Gasteiger charge is 2.29. The molecule has 0 radical (unpaired) electrons. The Morgan fingerprint density at radius 1 is 0.971 bits per heavy atom. The summed E-state index contributed by atoms with van der Waals surface area (Å²) in [4.78, 5) is 12.9. The number of para-hydroxylation sites is 1. The molecular formula is C25H27ClN2O5S. The van der Waals surface area contributed by atoms with E-state index in [-0.39, 0.29) is 23.7 Å². The Morgan fingerprint density at radius 2 is 1.65 bits per heavy atom. The average Bonchev–Trinajstić information content (AvgIpc) is 2.81. The number of nitrogens with one attached hydrogen (secondary N) is 1. The van der Waals surface area contributed by atoms with Gasteiger partial charge in [-0.2, -0.15) is 0 Å². The summed E-state index contributed by atoms with van der Waals surface area (Å²) in [5, 5.41) is 3.17. The molecule has 0 aromatic heterocycles. The SMILES string of the molecule is COc1ccc(C)cc1N(CC(=O)NCCOc1ccccc1Cl)S(=O)(=O)c1ccc(C)cc1. The van der Waals surface area contributed by atoms with Crippen molar-refractivity contribution in [3.05, 3.63) is 82.9 Å². The maximum absolute atomic E-state index is 13.6. The van der Waals surface area contributed by atoms with Crippen LogP contribution < -0.4 is 19.1 Å². The quantitative estimate of drug-likeness (QED) is 0.416. The minimum absolute atomic E-state index is 0.0801. The molecule has 1 amide bonds. The minimum atomic E-state index is -4.05. The van der Waals surface area contributed by atoms with Crippen LogP contribution in [0.15, 0.2) is 71.6 Å². The van der Waals surface area contributed by atoms with Gasteiger partial charge in [-0.3, -0.25) is 9.10 Å². The van der Waals surface area contributed by atoms with Gasteiger partial charge in [0, 0.05) is 0 Å². The van der Waals surface area contributed by atoms with Gasteiger partial charge in [0.2, 0.25) is 5.91 Å². The second-order valence-corrected chi connectivity index (χ2v) is 9.90. The third kappa shape index (κ3) is 6.21. The van der Waals surface area contributed by atoms with Gasteiger partial charge in [-0.15, -0.1) is 0 Å². The number of carbonyl (C=O) groups is 1. The molecule has 0 heterocycles. The molecule has 0 bridgehead atoms. The van der Waals surface area contributed by atoms with E-state index < -0.39 is 22.5 Å². The minimum Gasteiger partial charge on any atom is -0.495 e. The number of hydrogen-bond donors (Lipinski definition) is 1. The number of rotatable bonds is 10. The standard InChI is InChI=1S/C25H27ClN2O5S/c1-18-8-11-20(12-9-18)34(30,31)28(22-16-19(2)10-13-24(22)32-3)17-25(29)27-14-15-33-23-7-5-4-6-21(23)26/h4-13,16H,14-15,17H2,1-3H3,(H,27,29). The van der Waals surface area contributed by atoms with Crippen LogP contribution in [0, 0.1) is 13.8 Å². The van der Waals surface area contributed by atoms with Crippen molar-refractivity contribution in [2.45, 2.75) is 18.7 Å². The van der Waals surface area contributed by atoms with Gasteiger partial charge in [-0.05, 0) is 55.8 Å². The van der Waals surface area contributed by atoms with Crippen molar-refractivity contribution >= 4 is 33.2 Å². The van der Waals surface area contributed by atoms with Gasteiger partial charge in [0.1, 0.15) is 24.7 Å². The fourth-order valence-corrected chi connectivity index (χ4v) is 4.85. The Bertz CT molecular complexity index is 1250. The fraction of sp³-hybridized carbons (Fsp3) is 0.240. The van der Waals surface area contributed by atoms with Crippen LogP contribution in [0.5, 0.6) is 11.5 Å². The summed E-state index contributed by atoms with van der Waals surface area (Å²) in [5.41, 5.74) is 2.04. The third-order valence-corrected chi connectivity index (χ3v) is 7.10. The van der Waals surface area contributed by atoms with Gasteiger partial charge < -0.3 is 14.8 Å². The van der Waals surface area contributed by atoms with Crippen LogP contribution in [0.1, 0.15) is 11.1 Å². The van der Waals surface area contributed by atoms with Gasteiger partial charge in [0.15, 0.2) is 0 Å². The van der Waals surface area contributed by atoms with Crippen molar-refractivity contribution in [3.8, 4) is 11.5 Å². The largest absolute Gasteiger partial charge is 0.495 e. The number of halogens is 1. The van der Waals surface area contributed by atoms with Gasteiger partial charge in [-0.25, -0.2) is 8.42 Å². The van der Waals surface area contributed by atoms with E-state index in [1.165, 1.54) is 19.2 Å². The number of benzene rings is 3. The van der Waals surface area contributed by atoms with Crippen LogP contribution in [0.2, 0.25) is 5.02 Å². The Morgan fingerprint density at radius 3 is 2.32 bits per heavy atom. The summed E-state index contributed by atoms with van der Waals surface area (Å²) in [6, 6.07) is 18.7. The lowest BCUT2D eigenvalue weighted by Crippen LogP contribution is -2.42. The van der Waals surface area contributed by atoms with Gasteiger partial charge in [0.05, 0.1) is 29.3 Å². The molecule has 34 heavy (non-hydrogen) atoms. The predicted molar refractivity (Wildman–Crippen MR) is 133 cm³/mol. The highest BCUT2D eigenvalue weighted by atomic mass is 35.5. The molecule has 7 nitrogen and oxygen atoms in total. The number of carbonyl (C=O) groups excluding carboxylic acids is 1. The number of sulfonamides is 1. The van der Waals surface area contributed by atoms with Crippen molar-refractivity contribution in [1.29, 1.82) is 0 Å². The number of hydrogen-bond acceptors (Lipinski definition) is 5. The molecule has 0 aliphatic heterocycles. The van der Waals surface area contributed by atoms with E-state index in [1.807, 2.05) is 19.9 Å². The van der Waals surface area contributed by atoms with E-state index in [2.05, 4.69) is 5.32 Å². The fourth-order valence-electron chi connectivity index (χ4n) is 3.23. The lowest BCUT2D eigenvalue weighted by atomic mass is 10.2. The lowest BCUT2D eigenvalue weighted by molar-refractivity contribution is -0.119. The Balaban J connectivity index is 1.80. The maximum Gasteiger partial charge on any atom is 0.264 e. The topological polar surface area (TPSA) is 84.9 Å². The lowest BCUT2D eigenvalue weighted by Gasteiger charge is -2.26. The van der Waals surface area contributed by atoms with E-state index >= 15 is 0 Å². The molecule has 3 aromatic carbocycles. The van der Waals surface area contributed by atoms with Crippen LogP contribution in [0.3, 0.4) is 0 Å². The van der Waals surface area contributed by atoms with E-state index in [1.54, 1.807) is 48.5 Å². The highest BCUT2D eigenvalue weighted by molar-refractivity contribution is 7.92. The summed E-state index contributed by atoms with van der Waals surface area (Å²) >= 11 is 6.06. The predicted octanol–water partition coefficient (Wildman–Crippen LogP) is 4.36. The van der Waals surface area contributed by atoms with E-state index in [0.717, 1.165) is 15.4 Å². The number of anilines is 1. The Hall–Kier alpha value is -3.23. The normalized spacial score (nSPS) is 11.1. The van der Waals surface area contributed by atoms with Crippen LogP contribution in [0.25, 0.3) is 0 Å². The molecule has 0 spiro atoms. The van der Waals surface area contributed by atoms with Crippen molar-refractivity contribution in [2.75, 3.05) is 31.1 Å². The number of nitrogens with zero attached hydrogens (tertiary/aromatic N) is 1. The number of aryl methyl sites for hydroxylation is 2. The van der Waals surface area contributed by atoms with Gasteiger partial charge in [-0.1, -0.05) is 47.5 Å². The Labute approximate surface area is 205 Å². The number of amides is 1. The first-order valence-electron chi connectivity index (χ1n) is 10.6. The van der Waals surface area contributed by atoms with Crippen molar-refractivity contribution < 1.29 is 22.7 Å². The molecular weight excluding hydrogens is 476 g/mol. The van der Waals surface area contributed by atoms with E-state index in [9.17, 15) is 13.2 Å². The molecule has 0 aliphatic rings. The number of methoxy groups -OCH3 is 1. The van der Waals surface area contributed by atoms with E-state index in [4.69, 9.17) is 21.1 Å². The van der Waals surface area contributed by atoms with Crippen molar-refractivity contribution in [3.63, 3.8) is 0 Å². The van der Waals surface area contributed by atoms with Crippen LogP contribution in [-0.2, 0) is 14.8 Å². The first-order chi connectivity index (χ1) is 16.2. The molecule has 0 atom stereocenters. The first-order valence-corrected chi connectivity index (χ1v) is 12.4. The number of ether oxygens (including phenoxy) is 2. The van der Waals surface area contributed by atoms with Crippen LogP contribution in [-0.4, -0.2) is 41.1 Å². The Kier molecular flexibility index (Phi) is 8.41. The third-order valence-electron chi connectivity index (χ3n) is 5.02. The molecule has 3 aromatic rings. The molecule has 3 rings (SSSR count). The van der Waals surface area contributed by atoms with Crippen molar-refractivity contribution in [1.82, 2.24) is 5.32 Å². The molecule has 0 unspecified atom stereocenters. The summed E-state index contributed by atoms with van der Waals surface area (Å²) in [6.45, 7) is 3.63. The van der Waals surface area contributed by atoms with Gasteiger partial charge >= 0.3 is 0 Å². The zero-order valence-electron chi connectivity index (χ0n) is 19.2. The van der Waals surface area contributed by atoms with Crippen LogP contribution >= 0.6 is 11.6 Å². The summed E-state index contributed by atoms with van der Waals surface area (Å²) < 4.78 is 39.2.